The number of hydrogen-bond donors (Lipinski definition) is 0. The van der Waals surface area contributed by atoms with E-state index in [9.17, 15) is 0 Å². The summed E-state index contributed by atoms with van der Waals surface area (Å²) in [6, 6.07) is 61.0. The second-order valence-corrected chi connectivity index (χ2v) is 15.3. The number of nitrogens with zero attached hydrogens (tertiary/aromatic N) is 4. The third-order valence-corrected chi connectivity index (χ3v) is 11.3. The van der Waals surface area contributed by atoms with Gasteiger partial charge in [0.15, 0.2) is 17.5 Å². The average molecular weight is 761 g/mol. The molecule has 5 heteroatoms. The molecule has 1 aliphatic carbocycles. The van der Waals surface area contributed by atoms with Crippen molar-refractivity contribution < 1.29 is 4.42 Å². The molecule has 2 heterocycles. The third kappa shape index (κ3) is 6.43. The molecule has 0 radical (unpaired) electrons. The van der Waals surface area contributed by atoms with Crippen LogP contribution in [-0.4, -0.2) is 15.0 Å². The number of fused-ring (bicyclic) bond motifs is 4. The van der Waals surface area contributed by atoms with Crippen molar-refractivity contribution in [3.05, 3.63) is 210 Å². The molecule has 0 aliphatic heterocycles. The summed E-state index contributed by atoms with van der Waals surface area (Å²) in [6.45, 7) is 8.72. The Labute approximate surface area is 343 Å². The number of anilines is 2. The Hall–Kier alpha value is -7.63. The first kappa shape index (κ1) is 35.8. The molecule has 0 bridgehead atoms. The Morgan fingerprint density at radius 3 is 1.76 bits per heavy atom. The fourth-order valence-corrected chi connectivity index (χ4v) is 8.40. The molecule has 0 saturated heterocycles. The molecule has 5 nitrogen and oxygen atoms in total. The van der Waals surface area contributed by atoms with Crippen LogP contribution in [-0.2, 0) is 5.41 Å². The van der Waals surface area contributed by atoms with Gasteiger partial charge in [0.25, 0.3) is 0 Å². The highest BCUT2D eigenvalue weighted by Gasteiger charge is 2.35. The number of allylic oxidation sites excluding steroid dienone is 1. The molecule has 0 spiro atoms. The van der Waals surface area contributed by atoms with Gasteiger partial charge in [-0.2, -0.15) is 0 Å². The standard InChI is InChI=1S/C54H40N4O/c1-4-18-48-45(50-44(28-17-30-49(50)59-48)53-56-51(37-21-10-6-11-22-37)55-52(57-53)38-23-12-7-13-24-38)35-58(40-26-16-25-39(33-40)36-19-8-5-9-20-36)41-31-32-43-42-27-14-15-29-46(42)54(2,3)47(43)34-41/h4-35H,1H2,2-3H3/b45-35+,48-18+. The fourth-order valence-electron chi connectivity index (χ4n) is 8.40. The summed E-state index contributed by atoms with van der Waals surface area (Å²) in [5.41, 5.74) is 13.4. The molecule has 2 aromatic heterocycles. The largest absolute Gasteiger partial charge is 0.456 e. The maximum absolute atomic E-state index is 6.69. The Balaban J connectivity index is 1.24. The maximum Gasteiger partial charge on any atom is 0.164 e. The topological polar surface area (TPSA) is 55.1 Å². The van der Waals surface area contributed by atoms with Crippen molar-refractivity contribution >= 4 is 34.6 Å². The minimum absolute atomic E-state index is 0.178. The molecule has 7 aromatic carbocycles. The lowest BCUT2D eigenvalue weighted by atomic mass is 9.82. The maximum atomic E-state index is 6.69. The van der Waals surface area contributed by atoms with E-state index < -0.39 is 0 Å². The summed E-state index contributed by atoms with van der Waals surface area (Å²) in [4.78, 5) is 17.5. The molecule has 0 unspecified atom stereocenters. The highest BCUT2D eigenvalue weighted by Crippen LogP contribution is 2.50. The zero-order valence-electron chi connectivity index (χ0n) is 32.9. The quantitative estimate of drug-likeness (QED) is 0.154. The van der Waals surface area contributed by atoms with Crippen molar-refractivity contribution in [2.75, 3.05) is 4.90 Å². The lowest BCUT2D eigenvalue weighted by molar-refractivity contribution is 0.575. The first-order valence-corrected chi connectivity index (χ1v) is 19.9. The summed E-state index contributed by atoms with van der Waals surface area (Å²) >= 11 is 0. The van der Waals surface area contributed by atoms with Crippen LogP contribution in [0.2, 0.25) is 0 Å². The van der Waals surface area contributed by atoms with Crippen LogP contribution in [0.25, 0.3) is 79.7 Å². The van der Waals surface area contributed by atoms with Crippen molar-refractivity contribution in [2.45, 2.75) is 19.3 Å². The summed E-state index contributed by atoms with van der Waals surface area (Å²) in [7, 11) is 0. The predicted octanol–water partition coefficient (Wildman–Crippen LogP) is 12.1. The van der Waals surface area contributed by atoms with Crippen molar-refractivity contribution in [3.63, 3.8) is 0 Å². The molecule has 9 aromatic rings. The van der Waals surface area contributed by atoms with Crippen molar-refractivity contribution in [1.29, 1.82) is 0 Å². The van der Waals surface area contributed by atoms with Gasteiger partial charge in [0.05, 0.1) is 0 Å². The molecule has 0 saturated carbocycles. The van der Waals surface area contributed by atoms with Gasteiger partial charge in [-0.1, -0.05) is 172 Å². The smallest absolute Gasteiger partial charge is 0.164 e. The molecule has 1 aliphatic rings. The van der Waals surface area contributed by atoms with E-state index in [0.717, 1.165) is 49.8 Å². The van der Waals surface area contributed by atoms with Gasteiger partial charge in [-0.05, 0) is 69.8 Å². The van der Waals surface area contributed by atoms with Crippen LogP contribution >= 0.6 is 0 Å². The van der Waals surface area contributed by atoms with Crippen LogP contribution in [0, 0.1) is 0 Å². The molecule has 282 valence electrons. The second kappa shape index (κ2) is 14.7. The molecule has 59 heavy (non-hydrogen) atoms. The highest BCUT2D eigenvalue weighted by atomic mass is 16.3. The summed E-state index contributed by atoms with van der Waals surface area (Å²) in [5.74, 6) is 1.75. The number of rotatable bonds is 8. The molecule has 10 rings (SSSR count). The van der Waals surface area contributed by atoms with Gasteiger partial charge in [-0.15, -0.1) is 0 Å². The number of furan rings is 1. The van der Waals surface area contributed by atoms with E-state index in [4.69, 9.17) is 19.4 Å². The Kier molecular flexibility index (Phi) is 8.91. The van der Waals surface area contributed by atoms with Gasteiger partial charge in [0.1, 0.15) is 11.0 Å². The van der Waals surface area contributed by atoms with Gasteiger partial charge in [-0.3, -0.25) is 0 Å². The van der Waals surface area contributed by atoms with Gasteiger partial charge >= 0.3 is 0 Å². The summed E-state index contributed by atoms with van der Waals surface area (Å²) < 4.78 is 6.69. The minimum Gasteiger partial charge on any atom is -0.456 e. The number of hydrogen-bond acceptors (Lipinski definition) is 5. The molecular formula is C54H40N4O. The molecule has 0 fully saturated rings. The van der Waals surface area contributed by atoms with E-state index in [-0.39, 0.29) is 5.41 Å². The lowest BCUT2D eigenvalue weighted by Crippen LogP contribution is -2.25. The van der Waals surface area contributed by atoms with Crippen LogP contribution in [0.1, 0.15) is 25.0 Å². The van der Waals surface area contributed by atoms with Crippen LogP contribution in [0.15, 0.2) is 193 Å². The van der Waals surface area contributed by atoms with Crippen molar-refractivity contribution in [2.24, 2.45) is 0 Å². The summed E-state index contributed by atoms with van der Waals surface area (Å²) in [6.07, 6.45) is 5.89. The first-order chi connectivity index (χ1) is 29.0. The predicted molar refractivity (Wildman–Crippen MR) is 242 cm³/mol. The van der Waals surface area contributed by atoms with E-state index in [2.05, 4.69) is 135 Å². The molecule has 0 atom stereocenters. The van der Waals surface area contributed by atoms with Gasteiger partial charge in [-0.25, -0.2) is 15.0 Å². The van der Waals surface area contributed by atoms with Gasteiger partial charge in [0.2, 0.25) is 0 Å². The Bertz CT molecular complexity index is 3090. The van der Waals surface area contributed by atoms with Gasteiger partial charge in [0, 0.05) is 50.3 Å². The molecule has 0 amide bonds. The van der Waals surface area contributed by atoms with Crippen molar-refractivity contribution in [3.8, 4) is 56.4 Å². The Morgan fingerprint density at radius 1 is 0.508 bits per heavy atom. The van der Waals surface area contributed by atoms with E-state index in [1.165, 1.54) is 22.3 Å². The normalized spacial score (nSPS) is 13.3. The van der Waals surface area contributed by atoms with Crippen molar-refractivity contribution in [1.82, 2.24) is 15.0 Å². The minimum atomic E-state index is -0.178. The van der Waals surface area contributed by atoms with Crippen LogP contribution < -0.4 is 15.5 Å². The molecule has 0 N–H and O–H groups in total. The first-order valence-electron chi connectivity index (χ1n) is 19.9. The van der Waals surface area contributed by atoms with E-state index in [0.29, 0.717) is 28.5 Å². The molecular weight excluding hydrogens is 721 g/mol. The fraction of sp³-hybridized carbons (Fsp3) is 0.0556. The van der Waals surface area contributed by atoms with Crippen LogP contribution in [0.3, 0.4) is 0 Å². The zero-order valence-corrected chi connectivity index (χ0v) is 32.9. The van der Waals surface area contributed by atoms with E-state index >= 15 is 0 Å². The summed E-state index contributed by atoms with van der Waals surface area (Å²) in [5, 5.41) is 1.77. The lowest BCUT2D eigenvalue weighted by Gasteiger charge is -2.26. The van der Waals surface area contributed by atoms with E-state index in [1.807, 2.05) is 78.9 Å². The third-order valence-electron chi connectivity index (χ3n) is 11.3. The monoisotopic (exact) mass is 760 g/mol. The Morgan fingerprint density at radius 2 is 1.07 bits per heavy atom. The second-order valence-electron chi connectivity index (χ2n) is 15.3. The SMILES string of the molecule is C=C/C=c1/oc2cccc(-c3nc(-c4ccccc4)nc(-c4ccccc4)n3)c2/c1=C/N(c1cccc(-c2ccccc2)c1)c1ccc2c(c1)C(C)(C)c1ccccc1-2. The average Bonchev–Trinajstić information content (AvgIpc) is 3.76. The number of aromatic nitrogens is 3. The number of benzene rings is 7. The van der Waals surface area contributed by atoms with Crippen LogP contribution in [0.4, 0.5) is 11.4 Å². The zero-order chi connectivity index (χ0) is 39.9. The van der Waals surface area contributed by atoms with E-state index in [1.54, 1.807) is 6.08 Å². The van der Waals surface area contributed by atoms with Gasteiger partial charge < -0.3 is 9.32 Å². The van der Waals surface area contributed by atoms with Crippen LogP contribution in [0.5, 0.6) is 0 Å². The highest BCUT2D eigenvalue weighted by molar-refractivity contribution is 5.95.